The number of allylic oxidation sites excluding steroid dienone is 4. The molecule has 0 aromatic rings. The molecule has 0 atom stereocenters. The summed E-state index contributed by atoms with van der Waals surface area (Å²) in [5, 5.41) is 0.809. The summed E-state index contributed by atoms with van der Waals surface area (Å²) in [6.45, 7) is 7.29. The van der Waals surface area contributed by atoms with E-state index in [1.165, 1.54) is 0 Å². The minimum absolute atomic E-state index is 0.809. The Morgan fingerprint density at radius 2 is 2.11 bits per heavy atom. The van der Waals surface area contributed by atoms with Crippen LogP contribution in [0.1, 0.15) is 0 Å². The van der Waals surface area contributed by atoms with E-state index in [1.54, 1.807) is 6.08 Å². The third-order valence-corrected chi connectivity index (χ3v) is 1.92. The fourth-order valence-electron chi connectivity index (χ4n) is 0.350. The van der Waals surface area contributed by atoms with E-state index in [9.17, 15) is 0 Å². The van der Waals surface area contributed by atoms with Crippen molar-refractivity contribution >= 4 is 31.9 Å². The van der Waals surface area contributed by atoms with E-state index in [1.807, 2.05) is 6.08 Å². The molecular weight excluding hydrogens is 244 g/mol. The van der Waals surface area contributed by atoms with Gasteiger partial charge in [-0.15, -0.1) is 0 Å². The average molecular weight is 252 g/mol. The second-order valence-electron chi connectivity index (χ2n) is 1.47. The topological polar surface area (TPSA) is 0 Å². The number of hydrogen-bond acceptors (Lipinski definition) is 0. The predicted molar refractivity (Wildman–Crippen MR) is 50.1 cm³/mol. The summed E-state index contributed by atoms with van der Waals surface area (Å²) in [5.41, 5.74) is 1.12. The van der Waals surface area contributed by atoms with Crippen LogP contribution in [0.2, 0.25) is 0 Å². The van der Waals surface area contributed by atoms with Crippen molar-refractivity contribution in [2.24, 2.45) is 0 Å². The lowest BCUT2D eigenvalue weighted by molar-refractivity contribution is 1.56. The van der Waals surface area contributed by atoms with Crippen LogP contribution in [0.3, 0.4) is 0 Å². The summed E-state index contributed by atoms with van der Waals surface area (Å²) in [7, 11) is 0. The molecule has 0 aromatic carbocycles. The molecule has 0 rings (SSSR count). The summed E-state index contributed by atoms with van der Waals surface area (Å²) in [6.07, 6.45) is 3.65. The van der Waals surface area contributed by atoms with Gasteiger partial charge in [0.15, 0.2) is 0 Å². The predicted octanol–water partition coefficient (Wildman–Crippen LogP) is 3.40. The normalized spacial score (nSPS) is 11.1. The van der Waals surface area contributed by atoms with E-state index < -0.39 is 0 Å². The van der Waals surface area contributed by atoms with Crippen molar-refractivity contribution in [3.63, 3.8) is 0 Å². The Balaban J connectivity index is 4.14. The van der Waals surface area contributed by atoms with Gasteiger partial charge < -0.3 is 0 Å². The third kappa shape index (κ3) is 3.71. The van der Waals surface area contributed by atoms with Crippen LogP contribution in [-0.2, 0) is 0 Å². The van der Waals surface area contributed by atoms with Gasteiger partial charge in [0.05, 0.1) is 0 Å². The molecule has 2 heteroatoms. The summed E-state index contributed by atoms with van der Waals surface area (Å²) in [4.78, 5) is 0. The molecule has 0 nitrogen and oxygen atoms in total. The first-order chi connectivity index (χ1) is 4.22. The van der Waals surface area contributed by atoms with E-state index in [0.29, 0.717) is 0 Å². The van der Waals surface area contributed by atoms with Gasteiger partial charge >= 0.3 is 0 Å². The van der Waals surface area contributed by atoms with Crippen molar-refractivity contribution in [1.82, 2.24) is 0 Å². The minimum atomic E-state index is 0.809. The molecule has 0 N–H and O–H groups in total. The molecule has 0 saturated heterocycles. The van der Waals surface area contributed by atoms with Gasteiger partial charge in [0.1, 0.15) is 0 Å². The SMILES string of the molecule is C=C/C=C(/CBr)C(=C)Br. The molecular formula is C7H8Br2. The van der Waals surface area contributed by atoms with Gasteiger partial charge in [-0.1, -0.05) is 57.2 Å². The summed E-state index contributed by atoms with van der Waals surface area (Å²) in [6, 6.07) is 0. The van der Waals surface area contributed by atoms with Crippen LogP contribution in [0, 0.1) is 0 Å². The fraction of sp³-hybridized carbons (Fsp3) is 0.143. The molecule has 0 aromatic heterocycles. The largest absolute Gasteiger partial charge is 0.0991 e. The zero-order valence-electron chi connectivity index (χ0n) is 5.03. The van der Waals surface area contributed by atoms with Crippen LogP contribution in [0.4, 0.5) is 0 Å². The highest BCUT2D eigenvalue weighted by Gasteiger charge is 1.92. The third-order valence-electron chi connectivity index (χ3n) is 0.811. The zero-order chi connectivity index (χ0) is 7.28. The van der Waals surface area contributed by atoms with Gasteiger partial charge in [-0.2, -0.15) is 0 Å². The van der Waals surface area contributed by atoms with E-state index >= 15 is 0 Å². The van der Waals surface area contributed by atoms with Gasteiger partial charge in [0.2, 0.25) is 0 Å². The number of rotatable bonds is 3. The molecule has 0 radical (unpaired) electrons. The lowest BCUT2D eigenvalue weighted by atomic mass is 10.3. The smallest absolute Gasteiger partial charge is 0.0294 e. The molecule has 0 fully saturated rings. The molecule has 50 valence electrons. The summed E-state index contributed by atoms with van der Waals surface area (Å²) in [5.74, 6) is 0. The second-order valence-corrected chi connectivity index (χ2v) is 2.98. The molecule has 0 aliphatic heterocycles. The standard InChI is InChI=1S/C7H8Br2/c1-3-4-7(5-8)6(2)9/h3-4H,1-2,5H2/b7-4-. The molecule has 0 aliphatic carbocycles. The van der Waals surface area contributed by atoms with Crippen molar-refractivity contribution < 1.29 is 0 Å². The number of hydrogen-bond donors (Lipinski definition) is 0. The Labute approximate surface area is 72.6 Å². The Morgan fingerprint density at radius 1 is 1.56 bits per heavy atom. The van der Waals surface area contributed by atoms with E-state index in [2.05, 4.69) is 45.0 Å². The molecule has 0 heterocycles. The van der Waals surface area contributed by atoms with Crippen LogP contribution in [-0.4, -0.2) is 5.33 Å². The molecule has 0 bridgehead atoms. The van der Waals surface area contributed by atoms with Gasteiger partial charge in [0.25, 0.3) is 0 Å². The van der Waals surface area contributed by atoms with Gasteiger partial charge in [-0.05, 0) is 5.57 Å². The van der Waals surface area contributed by atoms with Gasteiger partial charge in [0, 0.05) is 9.81 Å². The monoisotopic (exact) mass is 250 g/mol. The number of halogens is 2. The Bertz CT molecular complexity index is 145. The maximum absolute atomic E-state index is 3.72. The van der Waals surface area contributed by atoms with Gasteiger partial charge in [-0.25, -0.2) is 0 Å². The van der Waals surface area contributed by atoms with Crippen LogP contribution < -0.4 is 0 Å². The Hall–Kier alpha value is 0.180. The first-order valence-corrected chi connectivity index (χ1v) is 4.36. The Kier molecular flexibility index (Phi) is 5.10. The fourth-order valence-corrected chi connectivity index (χ4v) is 1.52. The Morgan fingerprint density at radius 3 is 2.22 bits per heavy atom. The number of alkyl halides is 1. The first-order valence-electron chi connectivity index (χ1n) is 2.44. The first kappa shape index (κ1) is 9.18. The van der Waals surface area contributed by atoms with Crippen molar-refractivity contribution in [3.05, 3.63) is 35.4 Å². The molecule has 0 amide bonds. The molecule has 0 aliphatic rings. The van der Waals surface area contributed by atoms with E-state index in [0.717, 1.165) is 15.4 Å². The highest BCUT2D eigenvalue weighted by atomic mass is 79.9. The lowest BCUT2D eigenvalue weighted by Crippen LogP contribution is -1.79. The van der Waals surface area contributed by atoms with Crippen molar-refractivity contribution in [2.45, 2.75) is 0 Å². The average Bonchev–Trinajstić information content (AvgIpc) is 1.82. The molecule has 9 heavy (non-hydrogen) atoms. The zero-order valence-corrected chi connectivity index (χ0v) is 8.20. The van der Waals surface area contributed by atoms with E-state index in [4.69, 9.17) is 0 Å². The van der Waals surface area contributed by atoms with Crippen molar-refractivity contribution in [3.8, 4) is 0 Å². The van der Waals surface area contributed by atoms with Crippen molar-refractivity contribution in [1.29, 1.82) is 0 Å². The van der Waals surface area contributed by atoms with Crippen LogP contribution >= 0.6 is 31.9 Å². The van der Waals surface area contributed by atoms with Gasteiger partial charge in [-0.3, -0.25) is 0 Å². The maximum atomic E-state index is 3.72. The minimum Gasteiger partial charge on any atom is -0.0991 e. The summed E-state index contributed by atoms with van der Waals surface area (Å²) >= 11 is 6.57. The van der Waals surface area contributed by atoms with Crippen molar-refractivity contribution in [2.75, 3.05) is 5.33 Å². The molecule has 0 spiro atoms. The summed E-state index contributed by atoms with van der Waals surface area (Å²) < 4.78 is 0.902. The molecule has 0 saturated carbocycles. The van der Waals surface area contributed by atoms with Crippen LogP contribution in [0.5, 0.6) is 0 Å². The van der Waals surface area contributed by atoms with Crippen LogP contribution in [0.15, 0.2) is 35.4 Å². The highest BCUT2D eigenvalue weighted by molar-refractivity contribution is 9.12. The van der Waals surface area contributed by atoms with E-state index in [-0.39, 0.29) is 0 Å². The van der Waals surface area contributed by atoms with Crippen LogP contribution in [0.25, 0.3) is 0 Å². The maximum Gasteiger partial charge on any atom is 0.0294 e. The quantitative estimate of drug-likeness (QED) is 0.533. The second kappa shape index (κ2) is 5.00. The molecule has 0 unspecified atom stereocenters. The highest BCUT2D eigenvalue weighted by Crippen LogP contribution is 2.16. The lowest BCUT2D eigenvalue weighted by Gasteiger charge is -1.95.